The van der Waals surface area contributed by atoms with Gasteiger partial charge in [0.25, 0.3) is 0 Å². The Labute approximate surface area is 121 Å². The Hall–Kier alpha value is -1.85. The molecular formula is C14H15ClN4O. The van der Waals surface area contributed by atoms with E-state index in [2.05, 4.69) is 10.1 Å². The fourth-order valence-corrected chi connectivity index (χ4v) is 2.48. The number of hydrogen-bond donors (Lipinski definition) is 1. The molecule has 3 aromatic rings. The van der Waals surface area contributed by atoms with Crippen molar-refractivity contribution in [3.63, 3.8) is 0 Å². The molecule has 0 unspecified atom stereocenters. The Morgan fingerprint density at radius 1 is 1.35 bits per heavy atom. The van der Waals surface area contributed by atoms with Crippen molar-refractivity contribution in [2.24, 2.45) is 0 Å². The third-order valence-corrected chi connectivity index (χ3v) is 3.79. The highest BCUT2D eigenvalue weighted by Crippen LogP contribution is 2.29. The van der Waals surface area contributed by atoms with Crippen molar-refractivity contribution in [2.75, 3.05) is 25.1 Å². The molecule has 20 heavy (non-hydrogen) atoms. The molecule has 2 heterocycles. The second-order valence-corrected chi connectivity index (χ2v) is 5.11. The number of likely N-dealkylation sites (N-methyl/N-ethyl adjacent to an activating group) is 1. The summed E-state index contributed by atoms with van der Waals surface area (Å²) in [5.74, 6) is 0.795. The van der Waals surface area contributed by atoms with Gasteiger partial charge in [0.2, 0.25) is 0 Å². The maximum Gasteiger partial charge on any atom is 0.176 e. The van der Waals surface area contributed by atoms with E-state index in [1.54, 1.807) is 4.52 Å². The summed E-state index contributed by atoms with van der Waals surface area (Å²) in [6, 6.07) is 7.91. The van der Waals surface area contributed by atoms with Gasteiger partial charge in [0.05, 0.1) is 17.8 Å². The van der Waals surface area contributed by atoms with Gasteiger partial charge in [-0.25, -0.2) is 9.50 Å². The van der Waals surface area contributed by atoms with Crippen LogP contribution in [0.2, 0.25) is 5.02 Å². The molecule has 0 bridgehead atoms. The molecule has 0 radical (unpaired) electrons. The molecule has 6 heteroatoms. The first-order chi connectivity index (χ1) is 9.63. The van der Waals surface area contributed by atoms with Crippen molar-refractivity contribution in [2.45, 2.75) is 6.92 Å². The fourth-order valence-electron chi connectivity index (χ4n) is 2.32. The molecular weight excluding hydrogens is 276 g/mol. The molecule has 0 spiro atoms. The molecule has 1 N–H and O–H groups in total. The predicted octanol–water partition coefficient (Wildman–Crippen LogP) is 2.27. The minimum Gasteiger partial charge on any atom is -0.395 e. The lowest BCUT2D eigenvalue weighted by Gasteiger charge is -2.19. The van der Waals surface area contributed by atoms with E-state index < -0.39 is 0 Å². The van der Waals surface area contributed by atoms with Crippen LogP contribution in [-0.2, 0) is 0 Å². The first kappa shape index (κ1) is 13.1. The number of aliphatic hydroxyl groups is 1. The zero-order chi connectivity index (χ0) is 14.3. The van der Waals surface area contributed by atoms with Crippen LogP contribution in [-0.4, -0.2) is 39.9 Å². The minimum atomic E-state index is 0.0731. The van der Waals surface area contributed by atoms with Crippen LogP contribution in [0.1, 0.15) is 5.69 Å². The maximum atomic E-state index is 9.13. The van der Waals surface area contributed by atoms with Crippen LogP contribution in [0.4, 0.5) is 5.82 Å². The first-order valence-corrected chi connectivity index (χ1v) is 6.77. The molecule has 1 aromatic carbocycles. The van der Waals surface area contributed by atoms with Crippen LogP contribution in [0.3, 0.4) is 0 Å². The van der Waals surface area contributed by atoms with Crippen molar-refractivity contribution in [3.05, 3.63) is 35.0 Å². The monoisotopic (exact) mass is 290 g/mol. The lowest BCUT2D eigenvalue weighted by atomic mass is 10.2. The van der Waals surface area contributed by atoms with Gasteiger partial charge in [-0.1, -0.05) is 23.7 Å². The molecule has 0 aliphatic rings. The fraction of sp³-hybridized carbons (Fsp3) is 0.286. The number of halogens is 1. The van der Waals surface area contributed by atoms with Gasteiger partial charge in [-0.3, -0.25) is 0 Å². The molecule has 0 amide bonds. The topological polar surface area (TPSA) is 53.7 Å². The molecule has 0 atom stereocenters. The Morgan fingerprint density at radius 3 is 2.85 bits per heavy atom. The largest absolute Gasteiger partial charge is 0.395 e. The molecule has 0 saturated heterocycles. The molecule has 0 saturated carbocycles. The average Bonchev–Trinajstić information content (AvgIpc) is 2.74. The number of rotatable bonds is 3. The number of para-hydroxylation sites is 1. The Balaban J connectivity index is 2.40. The Kier molecular flexibility index (Phi) is 3.23. The van der Waals surface area contributed by atoms with Gasteiger partial charge < -0.3 is 10.0 Å². The normalized spacial score (nSPS) is 11.4. The second kappa shape index (κ2) is 4.92. The number of aromatic nitrogens is 3. The molecule has 2 aromatic heterocycles. The minimum absolute atomic E-state index is 0.0731. The van der Waals surface area contributed by atoms with Crippen molar-refractivity contribution in [3.8, 4) is 0 Å². The SMILES string of the molecule is Cc1nn2c(nc(N(C)CCO)c3ccccc32)c1Cl. The maximum absolute atomic E-state index is 9.13. The van der Waals surface area contributed by atoms with Crippen LogP contribution < -0.4 is 4.90 Å². The van der Waals surface area contributed by atoms with Gasteiger partial charge in [-0.2, -0.15) is 5.10 Å². The summed E-state index contributed by atoms with van der Waals surface area (Å²) < 4.78 is 1.77. The molecule has 0 fully saturated rings. The van der Waals surface area contributed by atoms with Crippen molar-refractivity contribution < 1.29 is 5.11 Å². The molecule has 104 valence electrons. The Morgan fingerprint density at radius 2 is 2.10 bits per heavy atom. The number of aliphatic hydroxyl groups excluding tert-OH is 1. The highest BCUT2D eigenvalue weighted by Gasteiger charge is 2.16. The second-order valence-electron chi connectivity index (χ2n) is 4.73. The standard InChI is InChI=1S/C14H15ClN4O/c1-9-12(15)14-16-13(18(2)7-8-20)10-5-3-4-6-11(10)19(14)17-9/h3-6,20H,7-8H2,1-2H3. The van der Waals surface area contributed by atoms with Crippen molar-refractivity contribution in [1.29, 1.82) is 0 Å². The third kappa shape index (κ3) is 1.90. The molecule has 0 aliphatic carbocycles. The highest BCUT2D eigenvalue weighted by atomic mass is 35.5. The number of nitrogens with zero attached hydrogens (tertiary/aromatic N) is 4. The van der Waals surface area contributed by atoms with Crippen LogP contribution in [0.5, 0.6) is 0 Å². The first-order valence-electron chi connectivity index (χ1n) is 6.39. The molecule has 3 rings (SSSR count). The zero-order valence-corrected chi connectivity index (χ0v) is 12.1. The van der Waals surface area contributed by atoms with E-state index >= 15 is 0 Å². The summed E-state index contributed by atoms with van der Waals surface area (Å²) in [6.07, 6.45) is 0. The molecule has 0 aliphatic heterocycles. The number of hydrogen-bond acceptors (Lipinski definition) is 4. The Bertz CT molecular complexity index is 784. The van der Waals surface area contributed by atoms with Crippen molar-refractivity contribution in [1.82, 2.24) is 14.6 Å². The summed E-state index contributed by atoms with van der Waals surface area (Å²) in [5, 5.41) is 15.1. The summed E-state index contributed by atoms with van der Waals surface area (Å²) in [4.78, 5) is 6.54. The van der Waals surface area contributed by atoms with Gasteiger partial charge in [-0.05, 0) is 19.1 Å². The number of benzene rings is 1. The van der Waals surface area contributed by atoms with Gasteiger partial charge in [0, 0.05) is 19.0 Å². The zero-order valence-electron chi connectivity index (χ0n) is 11.3. The average molecular weight is 291 g/mol. The van der Waals surface area contributed by atoms with Gasteiger partial charge in [0.1, 0.15) is 10.8 Å². The lowest BCUT2D eigenvalue weighted by molar-refractivity contribution is 0.304. The highest BCUT2D eigenvalue weighted by molar-refractivity contribution is 6.34. The lowest BCUT2D eigenvalue weighted by Crippen LogP contribution is -2.23. The van der Waals surface area contributed by atoms with Crippen molar-refractivity contribution >= 4 is 34.0 Å². The number of fused-ring (bicyclic) bond motifs is 3. The van der Waals surface area contributed by atoms with Crippen LogP contribution in [0.15, 0.2) is 24.3 Å². The quantitative estimate of drug-likeness (QED) is 0.804. The number of aryl methyl sites for hydroxylation is 1. The summed E-state index contributed by atoms with van der Waals surface area (Å²) in [5.41, 5.74) is 2.35. The number of anilines is 1. The third-order valence-electron chi connectivity index (χ3n) is 3.35. The van der Waals surface area contributed by atoms with E-state index in [-0.39, 0.29) is 6.61 Å². The van der Waals surface area contributed by atoms with Gasteiger partial charge >= 0.3 is 0 Å². The summed E-state index contributed by atoms with van der Waals surface area (Å²) >= 11 is 6.28. The molecule has 5 nitrogen and oxygen atoms in total. The van der Waals surface area contributed by atoms with E-state index in [1.807, 2.05) is 43.1 Å². The van der Waals surface area contributed by atoms with Crippen LogP contribution in [0.25, 0.3) is 16.6 Å². The summed E-state index contributed by atoms with van der Waals surface area (Å²) in [7, 11) is 1.90. The van der Waals surface area contributed by atoms with Gasteiger partial charge in [0.15, 0.2) is 5.65 Å². The van der Waals surface area contributed by atoms with E-state index in [9.17, 15) is 0 Å². The summed E-state index contributed by atoms with van der Waals surface area (Å²) in [6.45, 7) is 2.45. The van der Waals surface area contributed by atoms with Crippen LogP contribution in [0, 0.1) is 6.92 Å². The van der Waals surface area contributed by atoms with Gasteiger partial charge in [-0.15, -0.1) is 0 Å². The van der Waals surface area contributed by atoms with E-state index in [0.29, 0.717) is 17.2 Å². The van der Waals surface area contributed by atoms with E-state index in [4.69, 9.17) is 16.7 Å². The van der Waals surface area contributed by atoms with E-state index in [0.717, 1.165) is 22.4 Å². The van der Waals surface area contributed by atoms with Crippen LogP contribution >= 0.6 is 11.6 Å². The van der Waals surface area contributed by atoms with E-state index in [1.165, 1.54) is 0 Å². The smallest absolute Gasteiger partial charge is 0.176 e. The predicted molar refractivity (Wildman–Crippen MR) is 80.6 cm³/mol.